The first-order chi connectivity index (χ1) is 14.1. The SMILES string of the molecule is CCNC(=NCc1csc(N(C)C)n1)NC1CCCN(c2ccccc2C#N)C1.I. The fraction of sp³-hybridized carbons (Fsp3) is 0.476. The Labute approximate surface area is 200 Å². The Morgan fingerprint density at radius 3 is 2.90 bits per heavy atom. The summed E-state index contributed by atoms with van der Waals surface area (Å²) in [5, 5.41) is 19.4. The molecule has 7 nitrogen and oxygen atoms in total. The summed E-state index contributed by atoms with van der Waals surface area (Å²) in [7, 11) is 3.99. The van der Waals surface area contributed by atoms with Gasteiger partial charge in [-0.3, -0.25) is 0 Å². The molecule has 1 aromatic carbocycles. The number of para-hydroxylation sites is 1. The van der Waals surface area contributed by atoms with Crippen LogP contribution in [0.15, 0.2) is 34.6 Å². The number of benzene rings is 1. The van der Waals surface area contributed by atoms with Crippen LogP contribution in [0.5, 0.6) is 0 Å². The van der Waals surface area contributed by atoms with E-state index in [1.54, 1.807) is 11.3 Å². The summed E-state index contributed by atoms with van der Waals surface area (Å²) in [6.07, 6.45) is 2.16. The van der Waals surface area contributed by atoms with E-state index in [9.17, 15) is 5.26 Å². The van der Waals surface area contributed by atoms with Gasteiger partial charge in [0.05, 0.1) is 23.5 Å². The van der Waals surface area contributed by atoms with Crippen molar-refractivity contribution in [1.82, 2.24) is 15.6 Å². The third-order valence-electron chi connectivity index (χ3n) is 4.79. The number of nitrogens with zero attached hydrogens (tertiary/aromatic N) is 5. The second-order valence-electron chi connectivity index (χ2n) is 7.27. The van der Waals surface area contributed by atoms with Crippen LogP contribution in [-0.4, -0.2) is 50.7 Å². The Morgan fingerprint density at radius 2 is 2.20 bits per heavy atom. The van der Waals surface area contributed by atoms with Crippen LogP contribution >= 0.6 is 35.3 Å². The predicted octanol–water partition coefficient (Wildman–Crippen LogP) is 3.42. The largest absolute Gasteiger partial charge is 0.368 e. The van der Waals surface area contributed by atoms with Gasteiger partial charge in [-0.05, 0) is 31.9 Å². The maximum Gasteiger partial charge on any atom is 0.191 e. The highest BCUT2D eigenvalue weighted by Crippen LogP contribution is 2.23. The summed E-state index contributed by atoms with van der Waals surface area (Å²) < 4.78 is 0. The van der Waals surface area contributed by atoms with Gasteiger partial charge in [-0.2, -0.15) is 5.26 Å². The van der Waals surface area contributed by atoms with Crippen LogP contribution in [0.4, 0.5) is 10.8 Å². The van der Waals surface area contributed by atoms with Crippen LogP contribution in [-0.2, 0) is 6.54 Å². The summed E-state index contributed by atoms with van der Waals surface area (Å²) in [6, 6.07) is 10.4. The van der Waals surface area contributed by atoms with E-state index >= 15 is 0 Å². The highest BCUT2D eigenvalue weighted by Gasteiger charge is 2.22. The smallest absolute Gasteiger partial charge is 0.191 e. The monoisotopic (exact) mass is 539 g/mol. The number of hydrogen-bond donors (Lipinski definition) is 2. The topological polar surface area (TPSA) is 79.6 Å². The number of aliphatic imine (C=N–C) groups is 1. The van der Waals surface area contributed by atoms with Crippen molar-refractivity contribution < 1.29 is 0 Å². The van der Waals surface area contributed by atoms with E-state index in [-0.39, 0.29) is 30.0 Å². The molecule has 3 rings (SSSR count). The van der Waals surface area contributed by atoms with Crippen molar-refractivity contribution in [1.29, 1.82) is 5.26 Å². The average Bonchev–Trinajstić information content (AvgIpc) is 3.22. The minimum atomic E-state index is 0. The second-order valence-corrected chi connectivity index (χ2v) is 8.11. The minimum Gasteiger partial charge on any atom is -0.368 e. The molecule has 2 N–H and O–H groups in total. The first kappa shape index (κ1) is 24.2. The molecule has 1 atom stereocenters. The van der Waals surface area contributed by atoms with Crippen LogP contribution in [0.2, 0.25) is 0 Å². The van der Waals surface area contributed by atoms with E-state index in [4.69, 9.17) is 4.99 Å². The standard InChI is InChI=1S/C21H29N7S.HI/c1-4-23-20(24-13-18-15-29-21(26-18)27(2)3)25-17-9-7-11-28(14-17)19-10-6-5-8-16(19)12-22;/h5-6,8,10,15,17H,4,7,9,11,13-14H2,1-3H3,(H2,23,24,25);1H. The molecule has 1 saturated heterocycles. The lowest BCUT2D eigenvalue weighted by Crippen LogP contribution is -2.51. The molecule has 1 fully saturated rings. The molecule has 1 aliphatic rings. The molecule has 30 heavy (non-hydrogen) atoms. The number of anilines is 2. The lowest BCUT2D eigenvalue weighted by molar-refractivity contribution is 0.468. The molecular weight excluding hydrogens is 509 g/mol. The van der Waals surface area contributed by atoms with Gasteiger partial charge in [0.1, 0.15) is 6.07 Å². The molecule has 1 aromatic heterocycles. The van der Waals surface area contributed by atoms with Gasteiger partial charge in [-0.25, -0.2) is 9.98 Å². The lowest BCUT2D eigenvalue weighted by Gasteiger charge is -2.35. The van der Waals surface area contributed by atoms with Gasteiger partial charge in [-0.1, -0.05) is 12.1 Å². The van der Waals surface area contributed by atoms with Crippen LogP contribution in [0, 0.1) is 11.3 Å². The minimum absolute atomic E-state index is 0. The number of nitrogens with one attached hydrogen (secondary N) is 2. The van der Waals surface area contributed by atoms with E-state index < -0.39 is 0 Å². The molecule has 0 spiro atoms. The Morgan fingerprint density at radius 1 is 1.40 bits per heavy atom. The maximum absolute atomic E-state index is 9.42. The number of halogens is 1. The van der Waals surface area contributed by atoms with E-state index in [1.807, 2.05) is 43.3 Å². The molecule has 0 aliphatic carbocycles. The summed E-state index contributed by atoms with van der Waals surface area (Å²) in [6.45, 7) is 5.24. The quantitative estimate of drug-likeness (QED) is 0.333. The van der Waals surface area contributed by atoms with Crippen molar-refractivity contribution in [2.75, 3.05) is 43.5 Å². The molecule has 0 saturated carbocycles. The molecule has 2 heterocycles. The van der Waals surface area contributed by atoms with E-state index in [1.165, 1.54) is 0 Å². The van der Waals surface area contributed by atoms with Crippen LogP contribution in [0.1, 0.15) is 31.0 Å². The molecule has 162 valence electrons. The molecule has 0 radical (unpaired) electrons. The number of rotatable bonds is 6. The third-order valence-corrected chi connectivity index (χ3v) is 5.85. The van der Waals surface area contributed by atoms with Gasteiger partial charge in [-0.15, -0.1) is 35.3 Å². The van der Waals surface area contributed by atoms with E-state index in [2.05, 4.69) is 38.9 Å². The highest BCUT2D eigenvalue weighted by molar-refractivity contribution is 14.0. The Balaban J connectivity index is 0.00000320. The van der Waals surface area contributed by atoms with Crippen LogP contribution in [0.3, 0.4) is 0 Å². The Kier molecular flexibility index (Phi) is 9.65. The predicted molar refractivity (Wildman–Crippen MR) is 136 cm³/mol. The van der Waals surface area contributed by atoms with Crippen molar-refractivity contribution in [3.63, 3.8) is 0 Å². The number of aromatic nitrogens is 1. The molecule has 0 amide bonds. The second kappa shape index (κ2) is 12.0. The summed E-state index contributed by atoms with van der Waals surface area (Å²) >= 11 is 1.63. The van der Waals surface area contributed by atoms with Crippen LogP contribution in [0.25, 0.3) is 0 Å². The lowest BCUT2D eigenvalue weighted by atomic mass is 10.0. The van der Waals surface area contributed by atoms with E-state index in [0.29, 0.717) is 6.54 Å². The molecule has 1 unspecified atom stereocenters. The number of hydrogen-bond acceptors (Lipinski definition) is 6. The molecule has 1 aliphatic heterocycles. The molecule has 2 aromatic rings. The van der Waals surface area contributed by atoms with Crippen molar-refractivity contribution >= 4 is 52.1 Å². The first-order valence-electron chi connectivity index (χ1n) is 10.0. The average molecular weight is 539 g/mol. The van der Waals surface area contributed by atoms with Crippen LogP contribution < -0.4 is 20.4 Å². The number of guanidine groups is 1. The van der Waals surface area contributed by atoms with Crippen molar-refractivity contribution in [3.8, 4) is 6.07 Å². The fourth-order valence-corrected chi connectivity index (χ4v) is 4.15. The van der Waals surface area contributed by atoms with Crippen molar-refractivity contribution in [3.05, 3.63) is 40.9 Å². The Hall–Kier alpha value is -2.06. The number of piperidine rings is 1. The molecule has 9 heteroatoms. The van der Waals surface area contributed by atoms with Gasteiger partial charge in [0.25, 0.3) is 0 Å². The normalized spacial score (nSPS) is 16.4. The van der Waals surface area contributed by atoms with Gasteiger partial charge >= 0.3 is 0 Å². The highest BCUT2D eigenvalue weighted by atomic mass is 127. The zero-order valence-electron chi connectivity index (χ0n) is 17.8. The summed E-state index contributed by atoms with van der Waals surface area (Å²) in [4.78, 5) is 13.6. The van der Waals surface area contributed by atoms with Crippen molar-refractivity contribution in [2.24, 2.45) is 4.99 Å². The third kappa shape index (κ3) is 6.47. The van der Waals surface area contributed by atoms with Gasteiger partial charge < -0.3 is 20.4 Å². The molecular formula is C21H30IN7S. The first-order valence-corrected chi connectivity index (χ1v) is 10.9. The fourth-order valence-electron chi connectivity index (χ4n) is 3.41. The van der Waals surface area contributed by atoms with Gasteiger partial charge in [0.15, 0.2) is 11.1 Å². The number of thiazole rings is 1. The maximum atomic E-state index is 9.42. The van der Waals surface area contributed by atoms with Gasteiger partial charge in [0, 0.05) is 45.2 Å². The summed E-state index contributed by atoms with van der Waals surface area (Å²) in [5.41, 5.74) is 2.72. The zero-order valence-corrected chi connectivity index (χ0v) is 20.9. The van der Waals surface area contributed by atoms with Gasteiger partial charge in [0.2, 0.25) is 0 Å². The van der Waals surface area contributed by atoms with E-state index in [0.717, 1.165) is 60.5 Å². The summed E-state index contributed by atoms with van der Waals surface area (Å²) in [5.74, 6) is 0.812. The Bertz CT molecular complexity index is 874. The zero-order chi connectivity index (χ0) is 20.6. The van der Waals surface area contributed by atoms with Crippen molar-refractivity contribution in [2.45, 2.75) is 32.4 Å². The number of nitriles is 1. The molecule has 0 bridgehead atoms.